The average molecular weight is 260 g/mol. The minimum Gasteiger partial charge on any atom is -0.353 e. The zero-order valence-electron chi connectivity index (χ0n) is 11.1. The van der Waals surface area contributed by atoms with Crippen molar-refractivity contribution < 1.29 is 4.92 Å². The lowest BCUT2D eigenvalue weighted by molar-refractivity contribution is -0.384. The molecule has 19 heavy (non-hydrogen) atoms. The first-order chi connectivity index (χ1) is 8.95. The second-order valence-corrected chi connectivity index (χ2v) is 4.74. The Morgan fingerprint density at radius 2 is 2.05 bits per heavy atom. The van der Waals surface area contributed by atoms with E-state index in [1.54, 1.807) is 12.3 Å². The van der Waals surface area contributed by atoms with Crippen molar-refractivity contribution in [3.05, 3.63) is 46.3 Å². The molecule has 0 aliphatic rings. The highest BCUT2D eigenvalue weighted by molar-refractivity contribution is 5.62. The number of nitro groups is 1. The van der Waals surface area contributed by atoms with Gasteiger partial charge < -0.3 is 5.32 Å². The highest BCUT2D eigenvalue weighted by atomic mass is 16.6. The molecule has 1 aromatic carbocycles. The lowest BCUT2D eigenvalue weighted by Crippen LogP contribution is -2.00. The van der Waals surface area contributed by atoms with Crippen LogP contribution in [0.1, 0.15) is 25.5 Å². The molecule has 2 rings (SSSR count). The standard InChI is InChI=1S/C13H16N4O2/c1-9(2)16-8-12(7-14-16)15-11-4-10(3)5-13(6-11)17(18)19/h4-9,15H,1-3H3. The normalized spacial score (nSPS) is 10.7. The van der Waals surface area contributed by atoms with Crippen LogP contribution in [0.2, 0.25) is 0 Å². The monoisotopic (exact) mass is 260 g/mol. The first-order valence-corrected chi connectivity index (χ1v) is 6.03. The quantitative estimate of drug-likeness (QED) is 0.675. The van der Waals surface area contributed by atoms with Crippen LogP contribution in [0.25, 0.3) is 0 Å². The molecule has 2 aromatic rings. The molecule has 0 atom stereocenters. The number of rotatable bonds is 4. The van der Waals surface area contributed by atoms with Gasteiger partial charge in [-0.3, -0.25) is 14.8 Å². The van der Waals surface area contributed by atoms with Gasteiger partial charge in [-0.25, -0.2) is 0 Å². The number of anilines is 2. The number of non-ortho nitro benzene ring substituents is 1. The van der Waals surface area contributed by atoms with Crippen molar-refractivity contribution in [1.29, 1.82) is 0 Å². The van der Waals surface area contributed by atoms with E-state index >= 15 is 0 Å². The maximum absolute atomic E-state index is 10.8. The molecule has 100 valence electrons. The number of nitro benzene ring substituents is 1. The van der Waals surface area contributed by atoms with Crippen LogP contribution in [0.4, 0.5) is 17.1 Å². The Hall–Kier alpha value is -2.37. The van der Waals surface area contributed by atoms with Crippen molar-refractivity contribution in [2.24, 2.45) is 0 Å². The van der Waals surface area contributed by atoms with Crippen LogP contribution >= 0.6 is 0 Å². The highest BCUT2D eigenvalue weighted by Gasteiger charge is 2.09. The maximum Gasteiger partial charge on any atom is 0.271 e. The topological polar surface area (TPSA) is 73.0 Å². The van der Waals surface area contributed by atoms with Gasteiger partial charge >= 0.3 is 0 Å². The van der Waals surface area contributed by atoms with Gasteiger partial charge in [-0.1, -0.05) is 0 Å². The molecule has 0 bridgehead atoms. The molecule has 0 unspecified atom stereocenters. The third-order valence-corrected chi connectivity index (χ3v) is 2.69. The van der Waals surface area contributed by atoms with E-state index in [2.05, 4.69) is 10.4 Å². The van der Waals surface area contributed by atoms with Crippen LogP contribution in [0, 0.1) is 17.0 Å². The van der Waals surface area contributed by atoms with E-state index < -0.39 is 4.92 Å². The van der Waals surface area contributed by atoms with Crippen LogP contribution in [0.15, 0.2) is 30.6 Å². The largest absolute Gasteiger partial charge is 0.353 e. The minimum absolute atomic E-state index is 0.0822. The van der Waals surface area contributed by atoms with Gasteiger partial charge in [0.2, 0.25) is 0 Å². The Labute approximate surface area is 111 Å². The predicted octanol–water partition coefficient (Wildman–Crippen LogP) is 3.42. The van der Waals surface area contributed by atoms with Crippen LogP contribution in [-0.4, -0.2) is 14.7 Å². The third-order valence-electron chi connectivity index (χ3n) is 2.69. The summed E-state index contributed by atoms with van der Waals surface area (Å²) in [4.78, 5) is 10.4. The van der Waals surface area contributed by atoms with Gasteiger partial charge in [0.1, 0.15) is 0 Å². The molecule has 0 spiro atoms. The van der Waals surface area contributed by atoms with Gasteiger partial charge in [0.05, 0.1) is 16.8 Å². The van der Waals surface area contributed by atoms with Gasteiger partial charge in [0.25, 0.3) is 5.69 Å². The molecule has 0 amide bonds. The molecule has 6 heteroatoms. The lowest BCUT2D eigenvalue weighted by atomic mass is 10.2. The number of nitrogens with zero attached hydrogens (tertiary/aromatic N) is 3. The molecule has 0 aliphatic carbocycles. The van der Waals surface area contributed by atoms with Crippen molar-refractivity contribution in [3.8, 4) is 0 Å². The van der Waals surface area contributed by atoms with Crippen LogP contribution < -0.4 is 5.32 Å². The highest BCUT2D eigenvalue weighted by Crippen LogP contribution is 2.23. The Balaban J connectivity index is 2.24. The summed E-state index contributed by atoms with van der Waals surface area (Å²) >= 11 is 0. The lowest BCUT2D eigenvalue weighted by Gasteiger charge is -2.06. The van der Waals surface area contributed by atoms with E-state index in [-0.39, 0.29) is 11.7 Å². The van der Waals surface area contributed by atoms with Crippen molar-refractivity contribution in [2.75, 3.05) is 5.32 Å². The van der Waals surface area contributed by atoms with E-state index in [0.29, 0.717) is 5.69 Å². The summed E-state index contributed by atoms with van der Waals surface area (Å²) in [7, 11) is 0. The van der Waals surface area contributed by atoms with E-state index in [0.717, 1.165) is 11.3 Å². The first kappa shape index (κ1) is 13.1. The minimum atomic E-state index is -0.393. The maximum atomic E-state index is 10.8. The Morgan fingerprint density at radius 3 is 2.63 bits per heavy atom. The summed E-state index contributed by atoms with van der Waals surface area (Å²) in [5.41, 5.74) is 2.43. The summed E-state index contributed by atoms with van der Waals surface area (Å²) < 4.78 is 1.83. The summed E-state index contributed by atoms with van der Waals surface area (Å²) in [6.07, 6.45) is 3.58. The Kier molecular flexibility index (Phi) is 3.50. The molecular weight excluding hydrogens is 244 g/mol. The van der Waals surface area contributed by atoms with Crippen molar-refractivity contribution in [2.45, 2.75) is 26.8 Å². The molecular formula is C13H16N4O2. The summed E-state index contributed by atoms with van der Waals surface area (Å²) in [6.45, 7) is 5.90. The van der Waals surface area contributed by atoms with Crippen LogP contribution in [0.3, 0.4) is 0 Å². The number of nitrogens with one attached hydrogen (secondary N) is 1. The molecule has 6 nitrogen and oxygen atoms in total. The van der Waals surface area contributed by atoms with Gasteiger partial charge in [0, 0.05) is 30.1 Å². The number of aryl methyl sites for hydroxylation is 1. The van der Waals surface area contributed by atoms with E-state index in [1.165, 1.54) is 6.07 Å². The number of benzene rings is 1. The fourth-order valence-electron chi connectivity index (χ4n) is 1.79. The summed E-state index contributed by atoms with van der Waals surface area (Å²) in [5.74, 6) is 0. The van der Waals surface area contributed by atoms with Crippen molar-refractivity contribution >= 4 is 17.1 Å². The zero-order chi connectivity index (χ0) is 14.0. The zero-order valence-corrected chi connectivity index (χ0v) is 11.1. The Morgan fingerprint density at radius 1 is 1.32 bits per heavy atom. The van der Waals surface area contributed by atoms with Crippen molar-refractivity contribution in [1.82, 2.24) is 9.78 Å². The molecule has 0 fully saturated rings. The molecule has 0 aliphatic heterocycles. The third kappa shape index (κ3) is 3.09. The van der Waals surface area contributed by atoms with Gasteiger partial charge in [-0.2, -0.15) is 5.10 Å². The fourth-order valence-corrected chi connectivity index (χ4v) is 1.79. The summed E-state index contributed by atoms with van der Waals surface area (Å²) in [5, 5.41) is 18.2. The molecule has 0 saturated heterocycles. The second-order valence-electron chi connectivity index (χ2n) is 4.74. The SMILES string of the molecule is Cc1cc(Nc2cnn(C(C)C)c2)cc([N+](=O)[O-])c1. The molecule has 1 heterocycles. The average Bonchev–Trinajstić information content (AvgIpc) is 2.76. The van der Waals surface area contributed by atoms with E-state index in [4.69, 9.17) is 0 Å². The van der Waals surface area contributed by atoms with Crippen LogP contribution in [0.5, 0.6) is 0 Å². The number of hydrogen-bond donors (Lipinski definition) is 1. The molecule has 1 aromatic heterocycles. The Bertz CT molecular complexity index is 604. The van der Waals surface area contributed by atoms with Gasteiger partial charge in [-0.15, -0.1) is 0 Å². The van der Waals surface area contributed by atoms with E-state index in [1.807, 2.05) is 37.7 Å². The smallest absolute Gasteiger partial charge is 0.271 e. The second kappa shape index (κ2) is 5.09. The van der Waals surface area contributed by atoms with Crippen molar-refractivity contribution in [3.63, 3.8) is 0 Å². The van der Waals surface area contributed by atoms with Gasteiger partial charge in [-0.05, 0) is 32.4 Å². The number of hydrogen-bond acceptors (Lipinski definition) is 4. The first-order valence-electron chi connectivity index (χ1n) is 6.03. The summed E-state index contributed by atoms with van der Waals surface area (Å²) in [6, 6.07) is 5.20. The predicted molar refractivity (Wildman–Crippen MR) is 73.7 cm³/mol. The van der Waals surface area contributed by atoms with Crippen LogP contribution in [-0.2, 0) is 0 Å². The van der Waals surface area contributed by atoms with E-state index in [9.17, 15) is 10.1 Å². The molecule has 0 saturated carbocycles. The number of aromatic nitrogens is 2. The fraction of sp³-hybridized carbons (Fsp3) is 0.308. The molecule has 0 radical (unpaired) electrons. The van der Waals surface area contributed by atoms with Gasteiger partial charge in [0.15, 0.2) is 0 Å². The molecule has 1 N–H and O–H groups in total.